The van der Waals surface area contributed by atoms with E-state index < -0.39 is 12.1 Å². The van der Waals surface area contributed by atoms with Crippen molar-refractivity contribution in [3.05, 3.63) is 77.1 Å². The molecule has 2 aromatic rings. The maximum atomic E-state index is 13.1. The number of esters is 1. The van der Waals surface area contributed by atoms with Gasteiger partial charge in [-0.2, -0.15) is 0 Å². The van der Waals surface area contributed by atoms with Crippen molar-refractivity contribution in [3.8, 4) is 0 Å². The Morgan fingerprint density at radius 3 is 2.85 bits per heavy atom. The molecule has 0 heterocycles. The minimum absolute atomic E-state index is 0.0635. The molecule has 1 aliphatic carbocycles. The van der Waals surface area contributed by atoms with Crippen molar-refractivity contribution >= 4 is 18.0 Å². The summed E-state index contributed by atoms with van der Waals surface area (Å²) < 4.78 is 18.3. The van der Waals surface area contributed by atoms with Crippen molar-refractivity contribution in [1.29, 1.82) is 0 Å². The summed E-state index contributed by atoms with van der Waals surface area (Å²) in [5, 5.41) is 2.97. The second-order valence-corrected chi connectivity index (χ2v) is 6.62. The van der Waals surface area contributed by atoms with Gasteiger partial charge in [0.15, 0.2) is 6.10 Å². The third-order valence-electron chi connectivity index (χ3n) is 4.61. The minimum Gasteiger partial charge on any atom is -0.449 e. The summed E-state index contributed by atoms with van der Waals surface area (Å²) in [6.07, 6.45) is 4.61. The van der Waals surface area contributed by atoms with Gasteiger partial charge in [0.1, 0.15) is 5.82 Å². The first-order chi connectivity index (χ1) is 13.0. The van der Waals surface area contributed by atoms with Gasteiger partial charge in [-0.3, -0.25) is 4.79 Å². The quantitative estimate of drug-likeness (QED) is 0.643. The number of amides is 1. The smallest absolute Gasteiger partial charge is 0.331 e. The van der Waals surface area contributed by atoms with Gasteiger partial charge in [0.2, 0.25) is 0 Å². The molecule has 0 spiro atoms. The van der Waals surface area contributed by atoms with Crippen LogP contribution in [-0.4, -0.2) is 18.0 Å². The van der Waals surface area contributed by atoms with E-state index in [0.29, 0.717) is 5.56 Å². The first kappa shape index (κ1) is 18.8. The molecule has 4 nitrogen and oxygen atoms in total. The maximum Gasteiger partial charge on any atom is 0.331 e. The largest absolute Gasteiger partial charge is 0.449 e. The Morgan fingerprint density at radius 1 is 1.22 bits per heavy atom. The molecule has 1 amide bonds. The summed E-state index contributed by atoms with van der Waals surface area (Å²) in [6.45, 7) is 1.54. The van der Waals surface area contributed by atoms with Crippen LogP contribution in [0.2, 0.25) is 0 Å². The fourth-order valence-electron chi connectivity index (χ4n) is 3.23. The van der Waals surface area contributed by atoms with Crippen LogP contribution in [0.3, 0.4) is 0 Å². The molecule has 0 saturated carbocycles. The zero-order chi connectivity index (χ0) is 19.2. The molecule has 0 unspecified atom stereocenters. The average molecular weight is 367 g/mol. The Kier molecular flexibility index (Phi) is 6.01. The number of ether oxygens (including phenoxy) is 1. The van der Waals surface area contributed by atoms with E-state index >= 15 is 0 Å². The standard InChI is InChI=1S/C22H22FNO3/c1-15(27-21(25)13-12-16-6-4-9-18(23)14-16)22(26)24-20-11-5-8-17-7-2-3-10-19(17)20/h2-4,6-7,9-10,12-15,20H,5,8,11H2,1H3,(H,24,26)/b13-12+/t15-,20-/m0/s1. The van der Waals surface area contributed by atoms with Crippen molar-refractivity contribution in [1.82, 2.24) is 5.32 Å². The van der Waals surface area contributed by atoms with Gasteiger partial charge < -0.3 is 10.1 Å². The van der Waals surface area contributed by atoms with Gasteiger partial charge in [0.25, 0.3) is 5.91 Å². The van der Waals surface area contributed by atoms with Crippen molar-refractivity contribution in [3.63, 3.8) is 0 Å². The molecular formula is C22H22FNO3. The van der Waals surface area contributed by atoms with E-state index in [1.807, 2.05) is 18.2 Å². The van der Waals surface area contributed by atoms with Crippen LogP contribution in [0.1, 0.15) is 42.5 Å². The molecule has 0 aliphatic heterocycles. The number of aryl methyl sites for hydroxylation is 1. The van der Waals surface area contributed by atoms with Crippen LogP contribution in [0, 0.1) is 5.82 Å². The Hall–Kier alpha value is -2.95. The van der Waals surface area contributed by atoms with Crippen LogP contribution in [0.5, 0.6) is 0 Å². The van der Waals surface area contributed by atoms with E-state index in [0.717, 1.165) is 24.8 Å². The van der Waals surface area contributed by atoms with Crippen molar-refractivity contribution in [2.75, 3.05) is 0 Å². The lowest BCUT2D eigenvalue weighted by Crippen LogP contribution is -2.39. The molecule has 0 fully saturated rings. The lowest BCUT2D eigenvalue weighted by atomic mass is 9.87. The highest BCUT2D eigenvalue weighted by Crippen LogP contribution is 2.29. The van der Waals surface area contributed by atoms with Crippen molar-refractivity contribution in [2.24, 2.45) is 0 Å². The van der Waals surface area contributed by atoms with E-state index in [1.165, 1.54) is 36.8 Å². The van der Waals surface area contributed by atoms with Crippen LogP contribution in [-0.2, 0) is 20.7 Å². The van der Waals surface area contributed by atoms with Crippen LogP contribution in [0.25, 0.3) is 6.08 Å². The fourth-order valence-corrected chi connectivity index (χ4v) is 3.23. The van der Waals surface area contributed by atoms with Crippen LogP contribution < -0.4 is 5.32 Å². The molecule has 0 saturated heterocycles. The first-order valence-corrected chi connectivity index (χ1v) is 9.05. The highest BCUT2D eigenvalue weighted by atomic mass is 19.1. The number of rotatable bonds is 5. The highest BCUT2D eigenvalue weighted by molar-refractivity contribution is 5.90. The van der Waals surface area contributed by atoms with Crippen LogP contribution in [0.4, 0.5) is 4.39 Å². The van der Waals surface area contributed by atoms with Gasteiger partial charge in [-0.15, -0.1) is 0 Å². The van der Waals surface area contributed by atoms with Gasteiger partial charge in [0.05, 0.1) is 6.04 Å². The van der Waals surface area contributed by atoms with Crippen LogP contribution >= 0.6 is 0 Å². The molecule has 1 N–H and O–H groups in total. The third-order valence-corrected chi connectivity index (χ3v) is 4.61. The van der Waals surface area contributed by atoms with Crippen molar-refractivity contribution in [2.45, 2.75) is 38.3 Å². The fraction of sp³-hybridized carbons (Fsp3) is 0.273. The summed E-state index contributed by atoms with van der Waals surface area (Å²) in [5.74, 6) is -1.36. The summed E-state index contributed by atoms with van der Waals surface area (Å²) in [7, 11) is 0. The summed E-state index contributed by atoms with van der Waals surface area (Å²) in [6, 6.07) is 13.9. The molecule has 1 aliphatic rings. The molecule has 0 bridgehead atoms. The molecule has 2 aromatic carbocycles. The number of hydrogen-bond donors (Lipinski definition) is 1. The number of fused-ring (bicyclic) bond motifs is 1. The lowest BCUT2D eigenvalue weighted by Gasteiger charge is -2.27. The van der Waals surface area contributed by atoms with Gasteiger partial charge in [0, 0.05) is 6.08 Å². The van der Waals surface area contributed by atoms with E-state index in [9.17, 15) is 14.0 Å². The molecule has 3 rings (SSSR count). The molecule has 27 heavy (non-hydrogen) atoms. The number of benzene rings is 2. The van der Waals surface area contributed by atoms with Gasteiger partial charge >= 0.3 is 5.97 Å². The predicted molar refractivity (Wildman–Crippen MR) is 101 cm³/mol. The van der Waals surface area contributed by atoms with Crippen molar-refractivity contribution < 1.29 is 18.7 Å². The summed E-state index contributed by atoms with van der Waals surface area (Å²) >= 11 is 0. The number of nitrogens with one attached hydrogen (secondary N) is 1. The molecule has 2 atom stereocenters. The SMILES string of the molecule is C[C@H](OC(=O)/C=C/c1cccc(F)c1)C(=O)N[C@H]1CCCc2ccccc21. The zero-order valence-corrected chi connectivity index (χ0v) is 15.2. The lowest BCUT2D eigenvalue weighted by molar-refractivity contribution is -0.150. The second-order valence-electron chi connectivity index (χ2n) is 6.62. The molecular weight excluding hydrogens is 345 g/mol. The normalized spacial score (nSPS) is 17.2. The Labute approximate surface area is 158 Å². The summed E-state index contributed by atoms with van der Waals surface area (Å²) in [4.78, 5) is 24.3. The summed E-state index contributed by atoms with van der Waals surface area (Å²) in [5.41, 5.74) is 2.92. The van der Waals surface area contributed by atoms with E-state index in [4.69, 9.17) is 4.74 Å². The number of hydrogen-bond acceptors (Lipinski definition) is 3. The maximum absolute atomic E-state index is 13.1. The number of carbonyl (C=O) groups is 2. The molecule has 0 aromatic heterocycles. The van der Waals surface area contributed by atoms with E-state index in [1.54, 1.807) is 12.1 Å². The van der Waals surface area contributed by atoms with Gasteiger partial charge in [-0.05, 0) is 61.1 Å². The Morgan fingerprint density at radius 2 is 2.04 bits per heavy atom. The average Bonchev–Trinajstić information content (AvgIpc) is 2.66. The Bertz CT molecular complexity index is 862. The van der Waals surface area contributed by atoms with Crippen LogP contribution in [0.15, 0.2) is 54.6 Å². The number of carbonyl (C=O) groups excluding carboxylic acids is 2. The molecule has 5 heteroatoms. The van der Waals surface area contributed by atoms with Gasteiger partial charge in [-0.1, -0.05) is 36.4 Å². The van der Waals surface area contributed by atoms with Gasteiger partial charge in [-0.25, -0.2) is 9.18 Å². The second kappa shape index (κ2) is 8.62. The van der Waals surface area contributed by atoms with E-state index in [-0.39, 0.29) is 17.8 Å². The number of halogens is 1. The zero-order valence-electron chi connectivity index (χ0n) is 15.2. The first-order valence-electron chi connectivity index (χ1n) is 9.05. The predicted octanol–water partition coefficient (Wildman–Crippen LogP) is 3.96. The highest BCUT2D eigenvalue weighted by Gasteiger charge is 2.24. The van der Waals surface area contributed by atoms with E-state index in [2.05, 4.69) is 11.4 Å². The topological polar surface area (TPSA) is 55.4 Å². The Balaban J connectivity index is 1.56. The monoisotopic (exact) mass is 367 g/mol. The third kappa shape index (κ3) is 5.03. The minimum atomic E-state index is -0.913. The molecule has 0 radical (unpaired) electrons. The molecule has 140 valence electrons.